The van der Waals surface area contributed by atoms with Crippen molar-refractivity contribution in [3.63, 3.8) is 0 Å². The van der Waals surface area contributed by atoms with Gasteiger partial charge in [-0.15, -0.1) is 0 Å². The van der Waals surface area contributed by atoms with Gasteiger partial charge in [-0.3, -0.25) is 0 Å². The van der Waals surface area contributed by atoms with Crippen molar-refractivity contribution in [2.24, 2.45) is 0 Å². The molecule has 6 heteroatoms. The Hall–Kier alpha value is -1.13. The third-order valence-electron chi connectivity index (χ3n) is 2.88. The van der Waals surface area contributed by atoms with Crippen molar-refractivity contribution in [2.45, 2.75) is 13.2 Å². The van der Waals surface area contributed by atoms with Gasteiger partial charge >= 0.3 is 0 Å². The highest BCUT2D eigenvalue weighted by atomic mass is 35.5. The standard InChI is InChI=1S/C15H13Cl3O3/c1-20-13-6-9(7-19)5-12(17)15(13)21-8-10-3-2-4-11(16)14(10)18/h2-6,19H,7-8H2,1H3. The molecule has 0 fully saturated rings. The van der Waals surface area contributed by atoms with Gasteiger partial charge in [0.05, 0.1) is 28.8 Å². The molecule has 0 aliphatic heterocycles. The molecule has 0 saturated carbocycles. The van der Waals surface area contributed by atoms with E-state index in [1.807, 2.05) is 6.07 Å². The molecule has 0 spiro atoms. The molecule has 21 heavy (non-hydrogen) atoms. The summed E-state index contributed by atoms with van der Waals surface area (Å²) in [5, 5.41) is 10.4. The highest BCUT2D eigenvalue weighted by Gasteiger charge is 2.13. The normalized spacial score (nSPS) is 10.5. The van der Waals surface area contributed by atoms with E-state index in [1.54, 1.807) is 24.3 Å². The second-order valence-electron chi connectivity index (χ2n) is 4.27. The van der Waals surface area contributed by atoms with Crippen LogP contribution < -0.4 is 9.47 Å². The number of ether oxygens (including phenoxy) is 2. The summed E-state index contributed by atoms with van der Waals surface area (Å²) in [5.41, 5.74) is 1.39. The van der Waals surface area contributed by atoms with Crippen LogP contribution in [0.2, 0.25) is 15.1 Å². The van der Waals surface area contributed by atoms with E-state index in [1.165, 1.54) is 7.11 Å². The summed E-state index contributed by atoms with van der Waals surface area (Å²) >= 11 is 18.2. The number of rotatable bonds is 5. The fraction of sp³-hybridized carbons (Fsp3) is 0.200. The van der Waals surface area contributed by atoms with Gasteiger partial charge in [-0.25, -0.2) is 0 Å². The van der Waals surface area contributed by atoms with E-state index in [2.05, 4.69) is 0 Å². The summed E-state index contributed by atoms with van der Waals surface area (Å²) < 4.78 is 10.9. The lowest BCUT2D eigenvalue weighted by atomic mass is 10.2. The lowest BCUT2D eigenvalue weighted by Crippen LogP contribution is -2.00. The van der Waals surface area contributed by atoms with Gasteiger partial charge in [0, 0.05) is 5.56 Å². The summed E-state index contributed by atoms with van der Waals surface area (Å²) in [6.45, 7) is 0.0738. The molecule has 0 bridgehead atoms. The Morgan fingerprint density at radius 3 is 2.52 bits per heavy atom. The number of benzene rings is 2. The molecule has 112 valence electrons. The van der Waals surface area contributed by atoms with Crippen LogP contribution in [0, 0.1) is 0 Å². The van der Waals surface area contributed by atoms with Gasteiger partial charge in [0.15, 0.2) is 11.5 Å². The number of methoxy groups -OCH3 is 1. The van der Waals surface area contributed by atoms with Gasteiger partial charge in [0.2, 0.25) is 0 Å². The monoisotopic (exact) mass is 346 g/mol. The smallest absolute Gasteiger partial charge is 0.180 e. The Morgan fingerprint density at radius 2 is 1.86 bits per heavy atom. The third kappa shape index (κ3) is 3.74. The zero-order valence-corrected chi connectivity index (χ0v) is 13.5. The maximum absolute atomic E-state index is 9.16. The van der Waals surface area contributed by atoms with Crippen LogP contribution in [0.3, 0.4) is 0 Å². The number of aliphatic hydroxyl groups is 1. The van der Waals surface area contributed by atoms with Gasteiger partial charge in [0.1, 0.15) is 6.61 Å². The summed E-state index contributed by atoms with van der Waals surface area (Å²) in [6, 6.07) is 8.61. The predicted molar refractivity (Wildman–Crippen MR) is 84.7 cm³/mol. The van der Waals surface area contributed by atoms with Gasteiger partial charge in [-0.2, -0.15) is 0 Å². The van der Waals surface area contributed by atoms with Crippen molar-refractivity contribution in [1.82, 2.24) is 0 Å². The van der Waals surface area contributed by atoms with E-state index in [0.717, 1.165) is 5.56 Å². The quantitative estimate of drug-likeness (QED) is 0.850. The maximum atomic E-state index is 9.16. The van der Waals surface area contributed by atoms with Gasteiger partial charge in [0.25, 0.3) is 0 Å². The minimum absolute atomic E-state index is 0.128. The molecular weight excluding hydrogens is 335 g/mol. The fourth-order valence-electron chi connectivity index (χ4n) is 1.81. The van der Waals surface area contributed by atoms with Crippen molar-refractivity contribution in [2.75, 3.05) is 7.11 Å². The van der Waals surface area contributed by atoms with E-state index in [-0.39, 0.29) is 13.2 Å². The van der Waals surface area contributed by atoms with Crippen LogP contribution in [0.1, 0.15) is 11.1 Å². The lowest BCUT2D eigenvalue weighted by Gasteiger charge is -2.14. The zero-order valence-electron chi connectivity index (χ0n) is 11.2. The molecule has 0 atom stereocenters. The number of aliphatic hydroxyl groups excluding tert-OH is 1. The molecule has 2 aromatic rings. The summed E-state index contributed by atoms with van der Waals surface area (Å²) in [6.07, 6.45) is 0. The minimum atomic E-state index is -0.128. The Labute approximate surface area is 138 Å². The van der Waals surface area contributed by atoms with E-state index >= 15 is 0 Å². The van der Waals surface area contributed by atoms with Gasteiger partial charge < -0.3 is 14.6 Å². The Kier molecular flexibility index (Phi) is 5.59. The molecule has 0 aliphatic carbocycles. The molecule has 0 unspecified atom stereocenters. The van der Waals surface area contributed by atoms with Crippen LogP contribution in [0.4, 0.5) is 0 Å². The van der Waals surface area contributed by atoms with Crippen LogP contribution >= 0.6 is 34.8 Å². The lowest BCUT2D eigenvalue weighted by molar-refractivity contribution is 0.274. The topological polar surface area (TPSA) is 38.7 Å². The van der Waals surface area contributed by atoms with E-state index in [9.17, 15) is 0 Å². The second kappa shape index (κ2) is 7.23. The summed E-state index contributed by atoms with van der Waals surface area (Å²) in [7, 11) is 1.51. The summed E-state index contributed by atoms with van der Waals surface area (Å²) in [4.78, 5) is 0. The van der Waals surface area contributed by atoms with Crippen molar-refractivity contribution < 1.29 is 14.6 Å². The molecule has 3 nitrogen and oxygen atoms in total. The molecular formula is C15H13Cl3O3. The highest BCUT2D eigenvalue weighted by molar-refractivity contribution is 6.42. The SMILES string of the molecule is COc1cc(CO)cc(Cl)c1OCc1cccc(Cl)c1Cl. The first-order chi connectivity index (χ1) is 10.1. The first-order valence-electron chi connectivity index (χ1n) is 6.09. The molecule has 2 aromatic carbocycles. The van der Waals surface area contributed by atoms with Gasteiger partial charge in [-0.1, -0.05) is 46.9 Å². The molecule has 0 saturated heterocycles. The van der Waals surface area contributed by atoms with Crippen LogP contribution in [0.5, 0.6) is 11.5 Å². The fourth-order valence-corrected chi connectivity index (χ4v) is 2.48. The molecule has 0 amide bonds. The van der Waals surface area contributed by atoms with Crippen molar-refractivity contribution >= 4 is 34.8 Å². The second-order valence-corrected chi connectivity index (χ2v) is 5.46. The van der Waals surface area contributed by atoms with Crippen molar-refractivity contribution in [1.29, 1.82) is 0 Å². The van der Waals surface area contributed by atoms with Crippen LogP contribution in [0.25, 0.3) is 0 Å². The zero-order chi connectivity index (χ0) is 15.4. The van der Waals surface area contributed by atoms with Gasteiger partial charge in [-0.05, 0) is 23.8 Å². The average molecular weight is 348 g/mol. The number of hydrogen-bond donors (Lipinski definition) is 1. The Balaban J connectivity index is 2.25. The Morgan fingerprint density at radius 1 is 1.10 bits per heavy atom. The molecule has 0 aliphatic rings. The van der Waals surface area contributed by atoms with Crippen molar-refractivity contribution in [3.05, 3.63) is 56.5 Å². The molecule has 2 rings (SSSR count). The first kappa shape index (κ1) is 16.2. The van der Waals surface area contributed by atoms with Crippen LogP contribution in [-0.4, -0.2) is 12.2 Å². The predicted octanol–water partition coefficient (Wildman–Crippen LogP) is 4.73. The van der Waals surface area contributed by atoms with E-state index in [0.29, 0.717) is 32.1 Å². The minimum Gasteiger partial charge on any atom is -0.493 e. The molecule has 0 radical (unpaired) electrons. The molecule has 1 N–H and O–H groups in total. The van der Waals surface area contributed by atoms with Crippen LogP contribution in [0.15, 0.2) is 30.3 Å². The highest BCUT2D eigenvalue weighted by Crippen LogP contribution is 2.37. The van der Waals surface area contributed by atoms with E-state index in [4.69, 9.17) is 49.4 Å². The molecule has 0 aromatic heterocycles. The number of halogens is 3. The first-order valence-corrected chi connectivity index (χ1v) is 7.23. The third-order valence-corrected chi connectivity index (χ3v) is 4.01. The Bertz CT molecular complexity index is 644. The maximum Gasteiger partial charge on any atom is 0.180 e. The largest absolute Gasteiger partial charge is 0.493 e. The van der Waals surface area contributed by atoms with Crippen LogP contribution in [-0.2, 0) is 13.2 Å². The van der Waals surface area contributed by atoms with Crippen molar-refractivity contribution in [3.8, 4) is 11.5 Å². The number of hydrogen-bond acceptors (Lipinski definition) is 3. The van der Waals surface area contributed by atoms with E-state index < -0.39 is 0 Å². The summed E-state index contributed by atoms with van der Waals surface area (Å²) in [5.74, 6) is 0.845. The average Bonchev–Trinajstić information content (AvgIpc) is 2.49. The molecule has 0 heterocycles.